The molecule has 1 amide bonds. The zero-order chi connectivity index (χ0) is 19.9. The molecule has 2 aliphatic rings. The number of benzene rings is 1. The number of halogens is 3. The van der Waals surface area contributed by atoms with Gasteiger partial charge in [-0.1, -0.05) is 25.1 Å². The summed E-state index contributed by atoms with van der Waals surface area (Å²) in [6.07, 6.45) is 4.30. The van der Waals surface area contributed by atoms with Crippen LogP contribution < -0.4 is 5.73 Å². The molecule has 30 heavy (non-hydrogen) atoms. The third-order valence-electron chi connectivity index (χ3n) is 5.98. The van der Waals surface area contributed by atoms with Gasteiger partial charge in [0.15, 0.2) is 0 Å². The van der Waals surface area contributed by atoms with Crippen LogP contribution in [0, 0.1) is 11.7 Å². The monoisotopic (exact) mass is 463 g/mol. The van der Waals surface area contributed by atoms with Crippen molar-refractivity contribution in [2.24, 2.45) is 11.7 Å². The van der Waals surface area contributed by atoms with Crippen molar-refractivity contribution >= 4 is 30.7 Å². The maximum atomic E-state index is 13.9. The molecule has 1 saturated carbocycles. The van der Waals surface area contributed by atoms with Crippen molar-refractivity contribution in [3.63, 3.8) is 0 Å². The van der Waals surface area contributed by atoms with E-state index in [1.807, 2.05) is 17.0 Å². The van der Waals surface area contributed by atoms with Gasteiger partial charge in [-0.05, 0) is 38.2 Å². The van der Waals surface area contributed by atoms with E-state index in [9.17, 15) is 9.18 Å². The minimum absolute atomic E-state index is 0. The highest BCUT2D eigenvalue weighted by Crippen LogP contribution is 2.28. The van der Waals surface area contributed by atoms with Gasteiger partial charge in [0.2, 0.25) is 5.91 Å². The van der Waals surface area contributed by atoms with Gasteiger partial charge in [-0.2, -0.15) is 0 Å². The average Bonchev–Trinajstić information content (AvgIpc) is 2.94. The topological polar surface area (TPSA) is 58.8 Å². The number of carbonyl (C=O) groups excluding carboxylic acids is 1. The van der Waals surface area contributed by atoms with Gasteiger partial charge in [-0.25, -0.2) is 4.39 Å². The minimum atomic E-state index is -0.156. The summed E-state index contributed by atoms with van der Waals surface area (Å²) in [6, 6.07) is 6.97. The van der Waals surface area contributed by atoms with Gasteiger partial charge in [0.1, 0.15) is 5.82 Å². The minimum Gasteiger partial charge on any atom is -0.377 e. The molecule has 0 aromatic heterocycles. The van der Waals surface area contributed by atoms with Gasteiger partial charge in [-0.3, -0.25) is 9.69 Å². The molecule has 3 atom stereocenters. The highest BCUT2D eigenvalue weighted by Gasteiger charge is 2.35. The lowest BCUT2D eigenvalue weighted by Gasteiger charge is -2.35. The Hall–Kier alpha value is -0.920. The first-order valence-electron chi connectivity index (χ1n) is 10.7. The summed E-state index contributed by atoms with van der Waals surface area (Å²) in [5, 5.41) is 0. The Labute approximate surface area is 192 Å². The first kappa shape index (κ1) is 27.1. The van der Waals surface area contributed by atoms with Crippen LogP contribution in [0.3, 0.4) is 0 Å². The van der Waals surface area contributed by atoms with Crippen LogP contribution in [0.25, 0.3) is 0 Å². The van der Waals surface area contributed by atoms with Gasteiger partial charge >= 0.3 is 0 Å². The van der Waals surface area contributed by atoms with E-state index in [-0.39, 0.29) is 54.6 Å². The fraction of sp³-hybridized carbons (Fsp3) is 0.682. The highest BCUT2D eigenvalue weighted by molar-refractivity contribution is 5.85. The van der Waals surface area contributed by atoms with Crippen LogP contribution in [0.5, 0.6) is 0 Å². The highest BCUT2D eigenvalue weighted by atomic mass is 35.5. The van der Waals surface area contributed by atoms with Crippen LogP contribution in [-0.2, 0) is 16.1 Å². The van der Waals surface area contributed by atoms with E-state index in [0.717, 1.165) is 57.3 Å². The molecule has 5 nitrogen and oxygen atoms in total. The normalized spacial score (nSPS) is 25.0. The zero-order valence-electron chi connectivity index (χ0n) is 17.8. The average molecular weight is 464 g/mol. The molecule has 1 aliphatic heterocycles. The molecule has 2 N–H and O–H groups in total. The van der Waals surface area contributed by atoms with Gasteiger partial charge in [0, 0.05) is 56.9 Å². The SMILES string of the molecule is CCCO[C@@H]1C[C@@H](C(=O)N2CCCN(Cc3ccccc3F)CC2)CC[C@H]1N.Cl.Cl. The lowest BCUT2D eigenvalue weighted by atomic mass is 9.83. The van der Waals surface area contributed by atoms with Crippen LogP contribution in [0.15, 0.2) is 24.3 Å². The van der Waals surface area contributed by atoms with Crippen LogP contribution in [-0.4, -0.2) is 60.6 Å². The molecule has 1 aliphatic carbocycles. The summed E-state index contributed by atoms with van der Waals surface area (Å²) in [4.78, 5) is 17.3. The van der Waals surface area contributed by atoms with Crippen molar-refractivity contribution in [3.05, 3.63) is 35.6 Å². The maximum absolute atomic E-state index is 13.9. The van der Waals surface area contributed by atoms with E-state index < -0.39 is 0 Å². The third-order valence-corrected chi connectivity index (χ3v) is 5.98. The van der Waals surface area contributed by atoms with Crippen LogP contribution in [0.1, 0.15) is 44.6 Å². The second-order valence-corrected chi connectivity index (χ2v) is 8.13. The Morgan fingerprint density at radius 2 is 1.93 bits per heavy atom. The number of ether oxygens (including phenoxy) is 1. The first-order valence-corrected chi connectivity index (χ1v) is 10.7. The number of hydrogen-bond acceptors (Lipinski definition) is 4. The molecule has 8 heteroatoms. The molecule has 0 unspecified atom stereocenters. The Kier molecular flexibility index (Phi) is 12.2. The Morgan fingerprint density at radius 3 is 2.67 bits per heavy atom. The van der Waals surface area contributed by atoms with Crippen LogP contribution in [0.2, 0.25) is 0 Å². The quantitative estimate of drug-likeness (QED) is 0.699. The smallest absolute Gasteiger partial charge is 0.225 e. The molecular formula is C22H36Cl2FN3O2. The predicted octanol–water partition coefficient (Wildman–Crippen LogP) is 3.63. The summed E-state index contributed by atoms with van der Waals surface area (Å²) in [5.41, 5.74) is 6.92. The number of carbonyl (C=O) groups is 1. The van der Waals surface area contributed by atoms with Gasteiger partial charge in [-0.15, -0.1) is 24.8 Å². The fourth-order valence-corrected chi connectivity index (χ4v) is 4.31. The summed E-state index contributed by atoms with van der Waals surface area (Å²) >= 11 is 0. The maximum Gasteiger partial charge on any atom is 0.225 e. The molecular weight excluding hydrogens is 428 g/mol. The molecule has 0 spiro atoms. The van der Waals surface area contributed by atoms with E-state index in [1.165, 1.54) is 6.07 Å². The Bertz CT molecular complexity index is 653. The Balaban J connectivity index is 0.00000225. The van der Waals surface area contributed by atoms with Crippen LogP contribution >= 0.6 is 24.8 Å². The lowest BCUT2D eigenvalue weighted by molar-refractivity contribution is -0.138. The fourth-order valence-electron chi connectivity index (χ4n) is 4.31. The van der Waals surface area contributed by atoms with Crippen molar-refractivity contribution < 1.29 is 13.9 Å². The molecule has 1 saturated heterocycles. The standard InChI is InChI=1S/C22H34FN3O2.2ClH/c1-2-14-28-21-15-17(8-9-20(21)24)22(27)26-11-5-10-25(12-13-26)16-18-6-3-4-7-19(18)23;;/h3-4,6-7,17,20-21H,2,5,8-16,24H2,1H3;2*1H/t17-,20+,21+;;/m0../s1. The lowest BCUT2D eigenvalue weighted by Crippen LogP contribution is -2.47. The van der Waals surface area contributed by atoms with E-state index in [0.29, 0.717) is 19.7 Å². The van der Waals surface area contributed by atoms with E-state index in [2.05, 4.69) is 11.8 Å². The number of hydrogen-bond donors (Lipinski definition) is 1. The van der Waals surface area contributed by atoms with Gasteiger partial charge in [0.25, 0.3) is 0 Å². The van der Waals surface area contributed by atoms with Crippen molar-refractivity contribution in [1.82, 2.24) is 9.80 Å². The van der Waals surface area contributed by atoms with Crippen molar-refractivity contribution in [2.75, 3.05) is 32.8 Å². The number of rotatable bonds is 6. The zero-order valence-corrected chi connectivity index (χ0v) is 19.4. The number of amides is 1. The second kappa shape index (κ2) is 13.5. The summed E-state index contributed by atoms with van der Waals surface area (Å²) < 4.78 is 19.8. The first-order chi connectivity index (χ1) is 13.6. The second-order valence-electron chi connectivity index (χ2n) is 8.13. The van der Waals surface area contributed by atoms with Gasteiger partial charge < -0.3 is 15.4 Å². The predicted molar refractivity (Wildman–Crippen MR) is 123 cm³/mol. The third kappa shape index (κ3) is 7.34. The molecule has 2 fully saturated rings. The summed E-state index contributed by atoms with van der Waals surface area (Å²) in [7, 11) is 0. The van der Waals surface area contributed by atoms with E-state index in [1.54, 1.807) is 6.07 Å². The largest absolute Gasteiger partial charge is 0.377 e. The Morgan fingerprint density at radius 1 is 1.17 bits per heavy atom. The molecule has 3 rings (SSSR count). The molecule has 172 valence electrons. The molecule has 0 radical (unpaired) electrons. The number of nitrogens with two attached hydrogens (primary N) is 1. The van der Waals surface area contributed by atoms with Crippen molar-refractivity contribution in [3.8, 4) is 0 Å². The molecule has 1 aromatic rings. The summed E-state index contributed by atoms with van der Waals surface area (Å²) in [5.74, 6) is 0.0980. The molecule has 1 heterocycles. The number of nitrogens with zero attached hydrogens (tertiary/aromatic N) is 2. The molecule has 0 bridgehead atoms. The molecule has 1 aromatic carbocycles. The summed E-state index contributed by atoms with van der Waals surface area (Å²) in [6.45, 7) is 6.53. The van der Waals surface area contributed by atoms with E-state index in [4.69, 9.17) is 10.5 Å². The van der Waals surface area contributed by atoms with Crippen molar-refractivity contribution in [2.45, 2.75) is 57.7 Å². The van der Waals surface area contributed by atoms with Crippen LogP contribution in [0.4, 0.5) is 4.39 Å². The van der Waals surface area contributed by atoms with E-state index >= 15 is 0 Å². The van der Waals surface area contributed by atoms with Gasteiger partial charge in [0.05, 0.1) is 6.10 Å². The van der Waals surface area contributed by atoms with Crippen molar-refractivity contribution in [1.29, 1.82) is 0 Å².